The third kappa shape index (κ3) is 7.33. The van der Waals surface area contributed by atoms with Crippen LogP contribution >= 0.6 is 0 Å². The van der Waals surface area contributed by atoms with Gasteiger partial charge in [0.2, 0.25) is 17.6 Å². The van der Waals surface area contributed by atoms with E-state index in [9.17, 15) is 37.5 Å². The average Bonchev–Trinajstić information content (AvgIpc) is 3.93. The Morgan fingerprint density at radius 2 is 1.73 bits per heavy atom. The number of benzene rings is 3. The van der Waals surface area contributed by atoms with Gasteiger partial charge in [0.05, 0.1) is 33.8 Å². The van der Waals surface area contributed by atoms with Crippen LogP contribution in [0.4, 0.5) is 13.2 Å². The number of imidazole rings is 1. The molecule has 310 valence electrons. The van der Waals surface area contributed by atoms with Gasteiger partial charge in [0, 0.05) is 56.4 Å². The fourth-order valence-corrected chi connectivity index (χ4v) is 9.05. The number of aromatic nitrogens is 5. The van der Waals surface area contributed by atoms with Gasteiger partial charge in [0.15, 0.2) is 17.4 Å². The molecule has 3 aliphatic rings. The zero-order valence-electron chi connectivity index (χ0n) is 32.9. The summed E-state index contributed by atoms with van der Waals surface area (Å²) in [5.74, 6) is -7.80. The number of phenolic OH excluding ortho intramolecular Hbond substituents is 1. The van der Waals surface area contributed by atoms with Gasteiger partial charge >= 0.3 is 5.69 Å². The maximum Gasteiger partial charge on any atom is 0.329 e. The molecule has 1 saturated heterocycles. The number of fused-ring (bicyclic) bond motifs is 3. The highest BCUT2D eigenvalue weighted by Gasteiger charge is 2.32. The Bertz CT molecular complexity index is 2770. The Morgan fingerprint density at radius 1 is 0.933 bits per heavy atom. The van der Waals surface area contributed by atoms with Gasteiger partial charge in [-0.25, -0.2) is 13.6 Å². The number of aromatic hydroxyl groups is 1. The van der Waals surface area contributed by atoms with Crippen molar-refractivity contribution < 1.29 is 32.7 Å². The highest BCUT2D eigenvalue weighted by Crippen LogP contribution is 2.34. The quantitative estimate of drug-likeness (QED) is 0.113. The number of rotatable bonds is 10. The summed E-state index contributed by atoms with van der Waals surface area (Å²) in [5.41, 5.74) is 6.68. The number of phenols is 1. The Kier molecular flexibility index (Phi) is 10.3. The summed E-state index contributed by atoms with van der Waals surface area (Å²) >= 11 is 0. The molecule has 16 heteroatoms. The number of piperidine rings is 1. The average molecular weight is 821 g/mol. The Labute approximate surface area is 341 Å². The van der Waals surface area contributed by atoms with Crippen LogP contribution in [0.1, 0.15) is 84.1 Å². The van der Waals surface area contributed by atoms with E-state index in [1.807, 2.05) is 35.3 Å². The summed E-state index contributed by atoms with van der Waals surface area (Å²) in [7, 11) is 1.71. The molecule has 0 bridgehead atoms. The molecule has 3 aromatic heterocycles. The van der Waals surface area contributed by atoms with Gasteiger partial charge in [0.25, 0.3) is 5.91 Å². The van der Waals surface area contributed by atoms with E-state index in [4.69, 9.17) is 10.1 Å². The standard InChI is InChI=1S/C44H43F3N8O5/c1-52-37-15-24(6-11-35(37)55(44(52)60)36-12-13-38(56)50-43(36)59)3-2-14-53-21-28-17-33(48-20-29(28)22-53)26-7-8-27-23-54(51-34(27)16-26)30-9-4-25(5-10-30)19-49-42(58)31-18-32(45)41(57)40(47)39(31)46/h6-8,11,15-18,20,23,25,30,36,57H,2-5,9-10,12-14,19,21-22H2,1H3,(H,49,58)(H,50,56,59)/t25?,30?,36-/m1/s1. The Hall–Kier alpha value is -6.29. The largest absolute Gasteiger partial charge is 0.503 e. The normalized spacial score (nSPS) is 19.6. The zero-order valence-corrected chi connectivity index (χ0v) is 32.9. The Balaban J connectivity index is 0.782. The smallest absolute Gasteiger partial charge is 0.329 e. The predicted octanol–water partition coefficient (Wildman–Crippen LogP) is 5.96. The van der Waals surface area contributed by atoms with Crippen LogP contribution in [-0.2, 0) is 36.1 Å². The number of aryl methyl sites for hydroxylation is 2. The molecule has 9 rings (SSSR count). The number of hydrogen-bond acceptors (Lipinski definition) is 8. The number of halogens is 3. The molecule has 0 radical (unpaired) electrons. The van der Waals surface area contributed by atoms with Crippen molar-refractivity contribution in [1.82, 2.24) is 39.4 Å². The van der Waals surface area contributed by atoms with E-state index in [-0.39, 0.29) is 36.5 Å². The maximum atomic E-state index is 14.2. The van der Waals surface area contributed by atoms with E-state index in [2.05, 4.69) is 39.8 Å². The van der Waals surface area contributed by atoms with Crippen molar-refractivity contribution in [2.45, 2.75) is 76.5 Å². The molecule has 0 spiro atoms. The van der Waals surface area contributed by atoms with Crippen molar-refractivity contribution in [3.05, 3.63) is 111 Å². The molecule has 2 aliphatic heterocycles. The molecule has 6 aromatic rings. The number of carbonyl (C=O) groups excluding carboxylic acids is 3. The summed E-state index contributed by atoms with van der Waals surface area (Å²) < 4.78 is 46.7. The van der Waals surface area contributed by atoms with Crippen LogP contribution < -0.4 is 16.3 Å². The van der Waals surface area contributed by atoms with E-state index in [0.717, 1.165) is 91.4 Å². The van der Waals surface area contributed by atoms with Gasteiger partial charge < -0.3 is 10.4 Å². The van der Waals surface area contributed by atoms with Crippen molar-refractivity contribution >= 4 is 39.7 Å². The summed E-state index contributed by atoms with van der Waals surface area (Å²) in [4.78, 5) is 57.1. The molecular weight excluding hydrogens is 778 g/mol. The number of hydrogen-bond donors (Lipinski definition) is 3. The number of pyridine rings is 1. The van der Waals surface area contributed by atoms with Gasteiger partial charge in [0.1, 0.15) is 6.04 Å². The van der Waals surface area contributed by atoms with E-state index >= 15 is 0 Å². The summed E-state index contributed by atoms with van der Waals surface area (Å²) in [6.45, 7) is 2.76. The third-order valence-corrected chi connectivity index (χ3v) is 12.4. The second-order valence-corrected chi connectivity index (χ2v) is 16.3. The molecule has 3 N–H and O–H groups in total. The Morgan fingerprint density at radius 3 is 2.53 bits per heavy atom. The molecular formula is C44H43F3N8O5. The summed E-state index contributed by atoms with van der Waals surface area (Å²) in [6.07, 6.45) is 9.46. The van der Waals surface area contributed by atoms with Gasteiger partial charge in [-0.2, -0.15) is 9.49 Å². The van der Waals surface area contributed by atoms with Crippen LogP contribution in [0, 0.1) is 23.4 Å². The molecule has 1 aliphatic carbocycles. The van der Waals surface area contributed by atoms with E-state index < -0.39 is 46.6 Å². The van der Waals surface area contributed by atoms with Crippen molar-refractivity contribution in [1.29, 1.82) is 0 Å². The monoisotopic (exact) mass is 820 g/mol. The fourth-order valence-electron chi connectivity index (χ4n) is 9.05. The van der Waals surface area contributed by atoms with E-state index in [1.54, 1.807) is 11.6 Å². The minimum atomic E-state index is -1.79. The SMILES string of the molecule is Cn1c(=O)n([C@@H]2CCC(=O)NC2=O)c2ccc(CCCN3Cc4cnc(-c5ccc6cn(C7CCC(CNC(=O)c8cc(F)c(O)c(F)c8F)CC7)nc6c5)cc4C3)cc21. The van der Waals surface area contributed by atoms with Crippen molar-refractivity contribution in [3.63, 3.8) is 0 Å². The molecule has 5 heterocycles. The van der Waals surface area contributed by atoms with Gasteiger partial charge in [-0.15, -0.1) is 0 Å². The number of imide groups is 1. The van der Waals surface area contributed by atoms with Gasteiger partial charge in [-0.05, 0) is 104 Å². The van der Waals surface area contributed by atoms with Crippen LogP contribution in [-0.4, -0.2) is 64.7 Å². The van der Waals surface area contributed by atoms with Gasteiger partial charge in [-0.1, -0.05) is 18.2 Å². The van der Waals surface area contributed by atoms with Crippen LogP contribution in [0.25, 0.3) is 33.2 Å². The molecule has 0 unspecified atom stereocenters. The summed E-state index contributed by atoms with van der Waals surface area (Å²) in [6, 6.07) is 14.2. The van der Waals surface area contributed by atoms with Crippen LogP contribution in [0.15, 0.2) is 65.7 Å². The van der Waals surface area contributed by atoms with Crippen molar-refractivity contribution in [3.8, 4) is 17.0 Å². The first kappa shape index (κ1) is 39.2. The molecule has 2 fully saturated rings. The molecule has 3 amide bonds. The first-order chi connectivity index (χ1) is 28.9. The van der Waals surface area contributed by atoms with Crippen molar-refractivity contribution in [2.24, 2.45) is 13.0 Å². The second kappa shape index (κ2) is 15.7. The zero-order chi connectivity index (χ0) is 41.8. The van der Waals surface area contributed by atoms with Crippen LogP contribution in [0.5, 0.6) is 5.75 Å². The highest BCUT2D eigenvalue weighted by molar-refractivity contribution is 6.00. The lowest BCUT2D eigenvalue weighted by atomic mass is 9.86. The maximum absolute atomic E-state index is 14.2. The third-order valence-electron chi connectivity index (χ3n) is 12.4. The van der Waals surface area contributed by atoms with E-state index in [0.29, 0.717) is 18.0 Å². The molecule has 60 heavy (non-hydrogen) atoms. The van der Waals surface area contributed by atoms with Crippen molar-refractivity contribution in [2.75, 3.05) is 13.1 Å². The highest BCUT2D eigenvalue weighted by atomic mass is 19.2. The number of amides is 3. The van der Waals surface area contributed by atoms with Crippen LogP contribution in [0.2, 0.25) is 0 Å². The molecule has 1 saturated carbocycles. The summed E-state index contributed by atoms with van der Waals surface area (Å²) in [5, 5.41) is 20.1. The minimum absolute atomic E-state index is 0.111. The lowest BCUT2D eigenvalue weighted by Crippen LogP contribution is -2.44. The van der Waals surface area contributed by atoms with Crippen LogP contribution in [0.3, 0.4) is 0 Å². The first-order valence-corrected chi connectivity index (χ1v) is 20.3. The lowest BCUT2D eigenvalue weighted by Gasteiger charge is -2.28. The number of nitrogens with zero attached hydrogens (tertiary/aromatic N) is 6. The lowest BCUT2D eigenvalue weighted by molar-refractivity contribution is -0.135. The second-order valence-electron chi connectivity index (χ2n) is 16.3. The number of nitrogens with one attached hydrogen (secondary N) is 2. The van der Waals surface area contributed by atoms with E-state index in [1.165, 1.54) is 15.7 Å². The fraction of sp³-hybridized carbons (Fsp3) is 0.364. The topological polar surface area (TPSA) is 156 Å². The minimum Gasteiger partial charge on any atom is -0.503 e. The molecule has 3 aromatic carbocycles. The molecule has 13 nitrogen and oxygen atoms in total. The molecule has 1 atom stereocenters. The number of carbonyl (C=O) groups is 3. The first-order valence-electron chi connectivity index (χ1n) is 20.3. The van der Waals surface area contributed by atoms with Gasteiger partial charge in [-0.3, -0.25) is 43.4 Å². The predicted molar refractivity (Wildman–Crippen MR) is 215 cm³/mol.